The zero-order valence-corrected chi connectivity index (χ0v) is 11.3. The number of nitrogens with one attached hydrogen (secondary N) is 2. The maximum atomic E-state index is 12.3. The van der Waals surface area contributed by atoms with Gasteiger partial charge in [0, 0.05) is 29.5 Å². The zero-order valence-electron chi connectivity index (χ0n) is 11.3. The number of aromatic nitrogens is 2. The van der Waals surface area contributed by atoms with Crippen molar-refractivity contribution < 1.29 is 9.90 Å². The van der Waals surface area contributed by atoms with Gasteiger partial charge >= 0.3 is 0 Å². The SMILES string of the molecule is O=C(N[C@H]1CCCC[C@@H]1CO)c1ccc2[nH]ncc2c1. The number of hydrogen-bond donors (Lipinski definition) is 3. The Balaban J connectivity index is 1.74. The lowest BCUT2D eigenvalue weighted by atomic mass is 9.85. The summed E-state index contributed by atoms with van der Waals surface area (Å²) in [6, 6.07) is 5.58. The van der Waals surface area contributed by atoms with E-state index < -0.39 is 0 Å². The highest BCUT2D eigenvalue weighted by atomic mass is 16.3. The fraction of sp³-hybridized carbons (Fsp3) is 0.467. The van der Waals surface area contributed by atoms with E-state index in [1.807, 2.05) is 12.1 Å². The third-order valence-corrected chi connectivity index (χ3v) is 4.16. The summed E-state index contributed by atoms with van der Waals surface area (Å²) < 4.78 is 0. The van der Waals surface area contributed by atoms with Crippen LogP contribution in [-0.4, -0.2) is 33.9 Å². The van der Waals surface area contributed by atoms with Gasteiger partial charge in [-0.15, -0.1) is 0 Å². The third kappa shape index (κ3) is 2.54. The fourth-order valence-corrected chi connectivity index (χ4v) is 2.95. The van der Waals surface area contributed by atoms with Crippen LogP contribution in [-0.2, 0) is 0 Å². The van der Waals surface area contributed by atoms with Crippen molar-refractivity contribution in [3.63, 3.8) is 0 Å². The molecule has 106 valence electrons. The van der Waals surface area contributed by atoms with E-state index in [2.05, 4.69) is 15.5 Å². The number of carbonyl (C=O) groups excluding carboxylic acids is 1. The number of aromatic amines is 1. The van der Waals surface area contributed by atoms with Gasteiger partial charge in [0.15, 0.2) is 0 Å². The molecule has 2 atom stereocenters. The molecule has 1 aromatic carbocycles. The molecule has 1 saturated carbocycles. The van der Waals surface area contributed by atoms with Crippen molar-refractivity contribution in [3.05, 3.63) is 30.0 Å². The monoisotopic (exact) mass is 273 g/mol. The summed E-state index contributed by atoms with van der Waals surface area (Å²) in [5.41, 5.74) is 1.56. The summed E-state index contributed by atoms with van der Waals surface area (Å²) in [6.45, 7) is 0.145. The number of fused-ring (bicyclic) bond motifs is 1. The molecule has 0 unspecified atom stereocenters. The van der Waals surface area contributed by atoms with E-state index in [0.29, 0.717) is 5.56 Å². The lowest BCUT2D eigenvalue weighted by molar-refractivity contribution is 0.0873. The Morgan fingerprint density at radius 2 is 2.25 bits per heavy atom. The largest absolute Gasteiger partial charge is 0.396 e. The second-order valence-corrected chi connectivity index (χ2v) is 5.48. The topological polar surface area (TPSA) is 78.0 Å². The van der Waals surface area contributed by atoms with Gasteiger partial charge in [-0.25, -0.2) is 0 Å². The van der Waals surface area contributed by atoms with Crippen LogP contribution in [0.4, 0.5) is 0 Å². The maximum absolute atomic E-state index is 12.3. The molecule has 0 spiro atoms. The smallest absolute Gasteiger partial charge is 0.251 e. The predicted octanol–water partition coefficient (Wildman–Crippen LogP) is 1.84. The molecule has 3 N–H and O–H groups in total. The Labute approximate surface area is 117 Å². The van der Waals surface area contributed by atoms with Gasteiger partial charge < -0.3 is 10.4 Å². The van der Waals surface area contributed by atoms with Crippen molar-refractivity contribution in [1.29, 1.82) is 0 Å². The molecule has 2 aromatic rings. The minimum atomic E-state index is -0.0709. The Kier molecular flexibility index (Phi) is 3.69. The van der Waals surface area contributed by atoms with Crippen LogP contribution < -0.4 is 5.32 Å². The number of rotatable bonds is 3. The van der Waals surface area contributed by atoms with Gasteiger partial charge in [0.25, 0.3) is 5.91 Å². The summed E-state index contributed by atoms with van der Waals surface area (Å²) in [7, 11) is 0. The van der Waals surface area contributed by atoms with Crippen LogP contribution in [0.25, 0.3) is 10.9 Å². The van der Waals surface area contributed by atoms with Crippen LogP contribution in [0.15, 0.2) is 24.4 Å². The number of H-pyrrole nitrogens is 1. The molecule has 1 heterocycles. The summed E-state index contributed by atoms with van der Waals surface area (Å²) in [5.74, 6) is 0.115. The molecule has 1 amide bonds. The van der Waals surface area contributed by atoms with Crippen LogP contribution >= 0.6 is 0 Å². The number of carbonyl (C=O) groups is 1. The van der Waals surface area contributed by atoms with Crippen molar-refractivity contribution in [2.75, 3.05) is 6.61 Å². The molecule has 1 aliphatic carbocycles. The van der Waals surface area contributed by atoms with E-state index in [1.165, 1.54) is 0 Å². The second kappa shape index (κ2) is 5.63. The Bertz CT molecular complexity index is 608. The van der Waals surface area contributed by atoms with Crippen molar-refractivity contribution in [2.45, 2.75) is 31.7 Å². The zero-order chi connectivity index (χ0) is 13.9. The molecule has 0 bridgehead atoms. The second-order valence-electron chi connectivity index (χ2n) is 5.48. The van der Waals surface area contributed by atoms with E-state index in [1.54, 1.807) is 12.3 Å². The molecule has 20 heavy (non-hydrogen) atoms. The third-order valence-electron chi connectivity index (χ3n) is 4.16. The molecule has 3 rings (SSSR count). The average molecular weight is 273 g/mol. The van der Waals surface area contributed by atoms with E-state index >= 15 is 0 Å². The molecule has 1 fully saturated rings. The number of aliphatic hydroxyl groups excluding tert-OH is 1. The first-order valence-corrected chi connectivity index (χ1v) is 7.13. The Morgan fingerprint density at radius 3 is 3.10 bits per heavy atom. The minimum Gasteiger partial charge on any atom is -0.396 e. The lowest BCUT2D eigenvalue weighted by Gasteiger charge is -2.30. The normalized spacial score (nSPS) is 22.9. The number of aliphatic hydroxyl groups is 1. The predicted molar refractivity (Wildman–Crippen MR) is 76.4 cm³/mol. The van der Waals surface area contributed by atoms with E-state index in [-0.39, 0.29) is 24.5 Å². The van der Waals surface area contributed by atoms with Crippen molar-refractivity contribution in [2.24, 2.45) is 5.92 Å². The summed E-state index contributed by atoms with van der Waals surface area (Å²) >= 11 is 0. The highest BCUT2D eigenvalue weighted by Gasteiger charge is 2.26. The number of benzene rings is 1. The van der Waals surface area contributed by atoms with Crippen molar-refractivity contribution in [1.82, 2.24) is 15.5 Å². The van der Waals surface area contributed by atoms with Crippen molar-refractivity contribution in [3.8, 4) is 0 Å². The molecule has 0 aliphatic heterocycles. The Hall–Kier alpha value is -1.88. The quantitative estimate of drug-likeness (QED) is 0.798. The average Bonchev–Trinajstić information content (AvgIpc) is 2.95. The lowest BCUT2D eigenvalue weighted by Crippen LogP contribution is -2.43. The molecule has 0 radical (unpaired) electrons. The first kappa shape index (κ1) is 13.1. The molecule has 0 saturated heterocycles. The van der Waals surface area contributed by atoms with Crippen LogP contribution in [0.5, 0.6) is 0 Å². The summed E-state index contributed by atoms with van der Waals surface area (Å²) in [6.07, 6.45) is 5.90. The molecular weight excluding hydrogens is 254 g/mol. The number of hydrogen-bond acceptors (Lipinski definition) is 3. The van der Waals surface area contributed by atoms with E-state index in [4.69, 9.17) is 0 Å². The van der Waals surface area contributed by atoms with Gasteiger partial charge in [0.05, 0.1) is 11.7 Å². The Morgan fingerprint density at radius 1 is 1.40 bits per heavy atom. The standard InChI is InChI=1S/C15H19N3O2/c19-9-11-3-1-2-4-13(11)17-15(20)10-5-6-14-12(7-10)8-16-18-14/h5-8,11,13,19H,1-4,9H2,(H,16,18)(H,17,20)/t11-,13+/m1/s1. The molecule has 5 nitrogen and oxygen atoms in total. The first-order valence-electron chi connectivity index (χ1n) is 7.13. The maximum Gasteiger partial charge on any atom is 0.251 e. The summed E-state index contributed by atoms with van der Waals surface area (Å²) in [5, 5.41) is 20.2. The van der Waals surface area contributed by atoms with Gasteiger partial charge in [-0.05, 0) is 31.0 Å². The minimum absolute atomic E-state index is 0.0709. The highest BCUT2D eigenvalue weighted by molar-refractivity contribution is 5.98. The first-order chi connectivity index (χ1) is 9.78. The number of amides is 1. The molecule has 5 heteroatoms. The van der Waals surface area contributed by atoms with Crippen LogP contribution in [0.3, 0.4) is 0 Å². The summed E-state index contributed by atoms with van der Waals surface area (Å²) in [4.78, 5) is 12.3. The van der Waals surface area contributed by atoms with Gasteiger partial charge in [-0.3, -0.25) is 9.89 Å². The highest BCUT2D eigenvalue weighted by Crippen LogP contribution is 2.24. The van der Waals surface area contributed by atoms with Crippen LogP contribution in [0, 0.1) is 5.92 Å². The van der Waals surface area contributed by atoms with E-state index in [0.717, 1.165) is 36.6 Å². The van der Waals surface area contributed by atoms with Gasteiger partial charge in [-0.2, -0.15) is 5.10 Å². The van der Waals surface area contributed by atoms with Gasteiger partial charge in [0.1, 0.15) is 0 Å². The van der Waals surface area contributed by atoms with E-state index in [9.17, 15) is 9.90 Å². The van der Waals surface area contributed by atoms with Gasteiger partial charge in [0.2, 0.25) is 0 Å². The van der Waals surface area contributed by atoms with Gasteiger partial charge in [-0.1, -0.05) is 12.8 Å². The van der Waals surface area contributed by atoms with Crippen LogP contribution in [0.1, 0.15) is 36.0 Å². The molecule has 1 aromatic heterocycles. The van der Waals surface area contributed by atoms with Crippen molar-refractivity contribution >= 4 is 16.8 Å². The van der Waals surface area contributed by atoms with Crippen LogP contribution in [0.2, 0.25) is 0 Å². The number of nitrogens with zero attached hydrogens (tertiary/aromatic N) is 1. The molecular formula is C15H19N3O2. The fourth-order valence-electron chi connectivity index (χ4n) is 2.95. The molecule has 1 aliphatic rings.